The lowest BCUT2D eigenvalue weighted by Crippen LogP contribution is -2.11. The van der Waals surface area contributed by atoms with Crippen LogP contribution in [-0.4, -0.2) is 36.0 Å². The fourth-order valence-corrected chi connectivity index (χ4v) is 2.27. The fraction of sp³-hybridized carbons (Fsp3) is 0.400. The summed E-state index contributed by atoms with van der Waals surface area (Å²) in [5.41, 5.74) is 0.529. The van der Waals surface area contributed by atoms with E-state index in [9.17, 15) is 5.11 Å². The summed E-state index contributed by atoms with van der Waals surface area (Å²) >= 11 is 0. The molecule has 21 heavy (non-hydrogen) atoms. The number of hydrogen-bond acceptors (Lipinski definition) is 5. The summed E-state index contributed by atoms with van der Waals surface area (Å²) in [7, 11) is 4.64. The number of imidazole rings is 1. The number of aryl methyl sites for hydroxylation is 1. The number of rotatable bonds is 6. The lowest BCUT2D eigenvalue weighted by Gasteiger charge is -2.19. The van der Waals surface area contributed by atoms with Crippen LogP contribution in [0, 0.1) is 0 Å². The summed E-state index contributed by atoms with van der Waals surface area (Å²) in [5.74, 6) is 2.12. The Morgan fingerprint density at radius 3 is 2.24 bits per heavy atom. The van der Waals surface area contributed by atoms with Crippen molar-refractivity contribution in [3.63, 3.8) is 0 Å². The highest BCUT2D eigenvalue weighted by Gasteiger charge is 2.25. The average Bonchev–Trinajstić information content (AvgIpc) is 3.01. The van der Waals surface area contributed by atoms with Gasteiger partial charge in [-0.15, -0.1) is 0 Å². The van der Waals surface area contributed by atoms with Crippen LogP contribution in [0.25, 0.3) is 0 Å². The van der Waals surface area contributed by atoms with E-state index in [1.807, 2.05) is 17.7 Å². The lowest BCUT2D eigenvalue weighted by atomic mass is 10.1. The van der Waals surface area contributed by atoms with Crippen molar-refractivity contribution in [2.45, 2.75) is 19.6 Å². The van der Waals surface area contributed by atoms with E-state index >= 15 is 0 Å². The maximum atomic E-state index is 10.7. The molecule has 6 nitrogen and oxygen atoms in total. The largest absolute Gasteiger partial charge is 0.496 e. The van der Waals surface area contributed by atoms with E-state index in [0.29, 0.717) is 35.2 Å². The van der Waals surface area contributed by atoms with Crippen molar-refractivity contribution in [3.8, 4) is 17.2 Å². The van der Waals surface area contributed by atoms with Crippen LogP contribution in [0.15, 0.2) is 24.5 Å². The van der Waals surface area contributed by atoms with Crippen LogP contribution in [0.2, 0.25) is 0 Å². The summed E-state index contributed by atoms with van der Waals surface area (Å²) in [5, 5.41) is 10.7. The zero-order chi connectivity index (χ0) is 15.4. The summed E-state index contributed by atoms with van der Waals surface area (Å²) in [6, 6.07) is 3.42. The number of aliphatic hydroxyl groups is 1. The van der Waals surface area contributed by atoms with Crippen molar-refractivity contribution in [2.24, 2.45) is 0 Å². The van der Waals surface area contributed by atoms with Gasteiger partial charge in [-0.25, -0.2) is 4.98 Å². The number of ether oxygens (including phenoxy) is 3. The highest BCUT2D eigenvalue weighted by Crippen LogP contribution is 2.40. The Bertz CT molecular complexity index is 584. The SMILES string of the molecule is CCn1ccnc1C(O)c1c(OC)cc(OC)cc1OC. The molecule has 2 aromatic rings. The molecule has 0 radical (unpaired) electrons. The molecule has 1 aromatic carbocycles. The first-order chi connectivity index (χ1) is 10.2. The van der Waals surface area contributed by atoms with Gasteiger partial charge in [0.2, 0.25) is 0 Å². The third kappa shape index (κ3) is 2.80. The van der Waals surface area contributed by atoms with Gasteiger partial charge in [-0.05, 0) is 6.92 Å². The van der Waals surface area contributed by atoms with Gasteiger partial charge in [0.05, 0.1) is 26.9 Å². The number of nitrogens with zero attached hydrogens (tertiary/aromatic N) is 2. The summed E-state index contributed by atoms with van der Waals surface area (Å²) in [6.07, 6.45) is 2.53. The maximum Gasteiger partial charge on any atom is 0.144 e. The van der Waals surface area contributed by atoms with E-state index in [4.69, 9.17) is 14.2 Å². The van der Waals surface area contributed by atoms with Gasteiger partial charge in [0.1, 0.15) is 29.2 Å². The van der Waals surface area contributed by atoms with Crippen molar-refractivity contribution >= 4 is 0 Å². The van der Waals surface area contributed by atoms with E-state index in [-0.39, 0.29) is 0 Å². The standard InChI is InChI=1S/C15H20N2O4/c1-5-17-7-6-16-15(17)14(18)13-11(20-3)8-10(19-2)9-12(13)21-4/h6-9,14,18H,5H2,1-4H3. The first-order valence-corrected chi connectivity index (χ1v) is 6.65. The predicted molar refractivity (Wildman–Crippen MR) is 78.1 cm³/mol. The molecule has 0 saturated carbocycles. The average molecular weight is 292 g/mol. The van der Waals surface area contributed by atoms with Gasteiger partial charge in [-0.2, -0.15) is 0 Å². The molecule has 0 amide bonds. The molecule has 2 rings (SSSR count). The molecular weight excluding hydrogens is 272 g/mol. The van der Waals surface area contributed by atoms with Crippen LogP contribution < -0.4 is 14.2 Å². The molecule has 1 aromatic heterocycles. The third-order valence-corrected chi connectivity index (χ3v) is 3.36. The molecule has 1 N–H and O–H groups in total. The quantitative estimate of drug-likeness (QED) is 0.882. The van der Waals surface area contributed by atoms with Crippen molar-refractivity contribution < 1.29 is 19.3 Å². The van der Waals surface area contributed by atoms with Gasteiger partial charge >= 0.3 is 0 Å². The molecule has 0 spiro atoms. The van der Waals surface area contributed by atoms with E-state index in [1.165, 1.54) is 14.2 Å². The molecule has 0 fully saturated rings. The van der Waals surface area contributed by atoms with E-state index in [1.54, 1.807) is 25.4 Å². The smallest absolute Gasteiger partial charge is 0.144 e. The summed E-state index contributed by atoms with van der Waals surface area (Å²) in [6.45, 7) is 2.70. The van der Waals surface area contributed by atoms with Crippen LogP contribution >= 0.6 is 0 Å². The second-order valence-corrected chi connectivity index (χ2v) is 4.42. The molecule has 1 heterocycles. The Morgan fingerprint density at radius 2 is 1.76 bits per heavy atom. The van der Waals surface area contributed by atoms with Crippen molar-refractivity contribution in [2.75, 3.05) is 21.3 Å². The highest BCUT2D eigenvalue weighted by molar-refractivity contribution is 5.53. The van der Waals surface area contributed by atoms with Crippen molar-refractivity contribution in [3.05, 3.63) is 35.9 Å². The second kappa shape index (κ2) is 6.49. The van der Waals surface area contributed by atoms with E-state index in [0.717, 1.165) is 0 Å². The Morgan fingerprint density at radius 1 is 1.14 bits per heavy atom. The van der Waals surface area contributed by atoms with Gasteiger partial charge in [0, 0.05) is 31.1 Å². The normalized spacial score (nSPS) is 12.0. The zero-order valence-corrected chi connectivity index (χ0v) is 12.7. The Hall–Kier alpha value is -2.21. The number of aromatic nitrogens is 2. The van der Waals surface area contributed by atoms with Crippen LogP contribution in [0.3, 0.4) is 0 Å². The molecular formula is C15H20N2O4. The molecule has 0 bridgehead atoms. The second-order valence-electron chi connectivity index (χ2n) is 4.42. The molecule has 1 atom stereocenters. The molecule has 0 aliphatic rings. The molecule has 114 valence electrons. The monoisotopic (exact) mass is 292 g/mol. The Labute approximate surface area is 123 Å². The third-order valence-electron chi connectivity index (χ3n) is 3.36. The van der Waals surface area contributed by atoms with Crippen molar-refractivity contribution in [1.29, 1.82) is 0 Å². The number of aliphatic hydroxyl groups excluding tert-OH is 1. The number of hydrogen-bond donors (Lipinski definition) is 1. The minimum atomic E-state index is -0.948. The molecule has 0 aliphatic carbocycles. The fourth-order valence-electron chi connectivity index (χ4n) is 2.27. The maximum absolute atomic E-state index is 10.7. The van der Waals surface area contributed by atoms with Crippen LogP contribution in [0.5, 0.6) is 17.2 Å². The van der Waals surface area contributed by atoms with Gasteiger partial charge in [0.25, 0.3) is 0 Å². The Kier molecular flexibility index (Phi) is 4.70. The minimum absolute atomic E-state index is 0.490. The minimum Gasteiger partial charge on any atom is -0.496 e. The molecule has 6 heteroatoms. The van der Waals surface area contributed by atoms with Gasteiger partial charge < -0.3 is 23.9 Å². The molecule has 1 unspecified atom stereocenters. The first kappa shape index (κ1) is 15.2. The van der Waals surface area contributed by atoms with Gasteiger partial charge in [0.15, 0.2) is 0 Å². The predicted octanol–water partition coefficient (Wildman–Crippen LogP) is 2.01. The lowest BCUT2D eigenvalue weighted by molar-refractivity contribution is 0.194. The summed E-state index contributed by atoms with van der Waals surface area (Å²) < 4.78 is 17.8. The molecule has 0 saturated heterocycles. The van der Waals surface area contributed by atoms with E-state index < -0.39 is 6.10 Å². The van der Waals surface area contributed by atoms with Gasteiger partial charge in [-0.1, -0.05) is 0 Å². The van der Waals surface area contributed by atoms with Gasteiger partial charge in [-0.3, -0.25) is 0 Å². The van der Waals surface area contributed by atoms with Crippen molar-refractivity contribution in [1.82, 2.24) is 9.55 Å². The first-order valence-electron chi connectivity index (χ1n) is 6.65. The Balaban J connectivity index is 2.56. The zero-order valence-electron chi connectivity index (χ0n) is 12.7. The van der Waals surface area contributed by atoms with E-state index in [2.05, 4.69) is 4.98 Å². The van der Waals surface area contributed by atoms with Crippen LogP contribution in [0.4, 0.5) is 0 Å². The number of benzene rings is 1. The highest BCUT2D eigenvalue weighted by atomic mass is 16.5. The van der Waals surface area contributed by atoms with Crippen LogP contribution in [-0.2, 0) is 6.54 Å². The summed E-state index contributed by atoms with van der Waals surface area (Å²) in [4.78, 5) is 4.23. The molecule has 0 aliphatic heterocycles. The topological polar surface area (TPSA) is 65.7 Å². The van der Waals surface area contributed by atoms with Crippen LogP contribution in [0.1, 0.15) is 24.4 Å². The number of methoxy groups -OCH3 is 3.